The summed E-state index contributed by atoms with van der Waals surface area (Å²) in [6, 6.07) is 1.76. The van der Waals surface area contributed by atoms with E-state index in [1.165, 1.54) is 11.1 Å². The van der Waals surface area contributed by atoms with Crippen molar-refractivity contribution in [1.29, 1.82) is 0 Å². The molecule has 0 aliphatic heterocycles. The zero-order valence-corrected chi connectivity index (χ0v) is 15.6. The predicted molar refractivity (Wildman–Crippen MR) is 97.6 cm³/mol. The van der Waals surface area contributed by atoms with Crippen molar-refractivity contribution < 1.29 is 10.2 Å². The zero-order chi connectivity index (χ0) is 16.7. The fraction of sp³-hybridized carbons (Fsp3) is 0.474. The van der Waals surface area contributed by atoms with Crippen LogP contribution in [0.2, 0.25) is 0 Å². The van der Waals surface area contributed by atoms with Gasteiger partial charge in [0.2, 0.25) is 0 Å². The van der Waals surface area contributed by atoms with Crippen molar-refractivity contribution in [3.8, 4) is 11.5 Å². The lowest BCUT2D eigenvalue weighted by molar-refractivity contribution is 0.437. The lowest BCUT2D eigenvalue weighted by atomic mass is 10.0. The minimum absolute atomic E-state index is 0.164. The van der Waals surface area contributed by atoms with Crippen LogP contribution >= 0.6 is 15.9 Å². The number of aromatic hydroxyl groups is 2. The average Bonchev–Trinajstić information content (AvgIpc) is 2.44. The van der Waals surface area contributed by atoms with E-state index in [0.717, 1.165) is 31.2 Å². The molecule has 0 heterocycles. The van der Waals surface area contributed by atoms with Gasteiger partial charge in [-0.2, -0.15) is 0 Å². The molecule has 0 fully saturated rings. The highest BCUT2D eigenvalue weighted by molar-refractivity contribution is 9.10. The SMILES string of the molecule is CCCc1cc(O)c(CC=C(C)CCC=C(C)C)c(O)c1Br. The molecule has 0 aliphatic carbocycles. The van der Waals surface area contributed by atoms with Crippen LogP contribution in [0.1, 0.15) is 58.1 Å². The van der Waals surface area contributed by atoms with Crippen LogP contribution in [-0.2, 0) is 12.8 Å². The van der Waals surface area contributed by atoms with E-state index in [2.05, 4.69) is 55.8 Å². The molecule has 0 spiro atoms. The first-order valence-corrected chi connectivity index (χ1v) is 8.67. The van der Waals surface area contributed by atoms with Crippen LogP contribution in [0.5, 0.6) is 11.5 Å². The Labute approximate surface area is 142 Å². The number of aryl methyl sites for hydroxylation is 1. The van der Waals surface area contributed by atoms with Crippen molar-refractivity contribution >= 4 is 15.9 Å². The Morgan fingerprint density at radius 1 is 1.18 bits per heavy atom. The number of hydrogen-bond acceptors (Lipinski definition) is 2. The Balaban J connectivity index is 2.85. The van der Waals surface area contributed by atoms with Crippen LogP contribution in [0, 0.1) is 0 Å². The lowest BCUT2D eigenvalue weighted by Gasteiger charge is -2.12. The van der Waals surface area contributed by atoms with E-state index in [4.69, 9.17) is 0 Å². The van der Waals surface area contributed by atoms with Gasteiger partial charge >= 0.3 is 0 Å². The Bertz CT molecular complexity index is 567. The third kappa shape index (κ3) is 5.53. The monoisotopic (exact) mass is 366 g/mol. The Hall–Kier alpha value is -1.22. The van der Waals surface area contributed by atoms with Crippen LogP contribution in [0.25, 0.3) is 0 Å². The van der Waals surface area contributed by atoms with Crippen LogP contribution in [0.3, 0.4) is 0 Å². The van der Waals surface area contributed by atoms with E-state index in [1.807, 2.05) is 0 Å². The van der Waals surface area contributed by atoms with E-state index in [1.54, 1.807) is 6.07 Å². The molecule has 22 heavy (non-hydrogen) atoms. The maximum atomic E-state index is 10.3. The van der Waals surface area contributed by atoms with Crippen LogP contribution in [0.15, 0.2) is 33.8 Å². The highest BCUT2D eigenvalue weighted by atomic mass is 79.9. The van der Waals surface area contributed by atoms with Gasteiger partial charge in [-0.3, -0.25) is 0 Å². The number of rotatable bonds is 7. The number of phenolic OH excluding ortho intramolecular Hbond substituents is 2. The molecule has 0 saturated heterocycles. The largest absolute Gasteiger partial charge is 0.508 e. The summed E-state index contributed by atoms with van der Waals surface area (Å²) in [5, 5.41) is 20.5. The molecule has 0 atom stereocenters. The van der Waals surface area contributed by atoms with Crippen molar-refractivity contribution in [2.45, 2.75) is 59.8 Å². The number of phenols is 2. The molecule has 2 nitrogen and oxygen atoms in total. The number of allylic oxidation sites excluding steroid dienone is 4. The average molecular weight is 367 g/mol. The minimum Gasteiger partial charge on any atom is -0.508 e. The van der Waals surface area contributed by atoms with Gasteiger partial charge in [0.1, 0.15) is 11.5 Å². The van der Waals surface area contributed by atoms with Gasteiger partial charge < -0.3 is 10.2 Å². The number of halogens is 1. The van der Waals surface area contributed by atoms with Gasteiger partial charge in [0.25, 0.3) is 0 Å². The maximum absolute atomic E-state index is 10.3. The Kier molecular flexibility index (Phi) is 7.74. The molecule has 1 aromatic rings. The van der Waals surface area contributed by atoms with Crippen molar-refractivity contribution in [2.24, 2.45) is 0 Å². The van der Waals surface area contributed by atoms with Crippen LogP contribution in [-0.4, -0.2) is 10.2 Å². The summed E-state index contributed by atoms with van der Waals surface area (Å²) in [4.78, 5) is 0. The van der Waals surface area contributed by atoms with Gasteiger partial charge in [0.05, 0.1) is 4.47 Å². The Morgan fingerprint density at radius 3 is 2.45 bits per heavy atom. The van der Waals surface area contributed by atoms with E-state index in [9.17, 15) is 10.2 Å². The summed E-state index contributed by atoms with van der Waals surface area (Å²) in [6.45, 7) is 8.37. The number of benzene rings is 1. The van der Waals surface area contributed by atoms with Gasteiger partial charge in [-0.25, -0.2) is 0 Å². The maximum Gasteiger partial charge on any atom is 0.137 e. The first kappa shape index (κ1) is 18.8. The molecule has 2 N–H and O–H groups in total. The Morgan fingerprint density at radius 2 is 1.86 bits per heavy atom. The van der Waals surface area contributed by atoms with Crippen molar-refractivity contribution in [3.05, 3.63) is 45.0 Å². The molecular weight excluding hydrogens is 340 g/mol. The van der Waals surface area contributed by atoms with E-state index in [0.29, 0.717) is 16.5 Å². The summed E-state index contributed by atoms with van der Waals surface area (Å²) in [5.41, 5.74) is 4.14. The normalized spacial score (nSPS) is 11.6. The second kappa shape index (κ2) is 9.04. The van der Waals surface area contributed by atoms with Gasteiger partial charge in [-0.05, 0) is 74.0 Å². The smallest absolute Gasteiger partial charge is 0.137 e. The minimum atomic E-state index is 0.164. The second-order valence-corrected chi connectivity index (χ2v) is 6.81. The molecule has 0 amide bonds. The molecule has 1 rings (SSSR count). The van der Waals surface area contributed by atoms with Crippen molar-refractivity contribution in [3.63, 3.8) is 0 Å². The zero-order valence-electron chi connectivity index (χ0n) is 14.0. The summed E-state index contributed by atoms with van der Waals surface area (Å²) in [6.07, 6.45) is 8.69. The standard InChI is InChI=1S/C19H27BrO2/c1-5-7-15-12-17(21)16(19(22)18(15)20)11-10-14(4)9-6-8-13(2)3/h8,10,12,21-22H,5-7,9,11H2,1-4H3. The molecule has 0 bridgehead atoms. The third-order valence-corrected chi connectivity index (χ3v) is 4.55. The van der Waals surface area contributed by atoms with E-state index < -0.39 is 0 Å². The summed E-state index contributed by atoms with van der Waals surface area (Å²) in [7, 11) is 0. The molecular formula is C19H27BrO2. The van der Waals surface area contributed by atoms with Gasteiger partial charge in [-0.1, -0.05) is 36.6 Å². The molecule has 0 saturated carbocycles. The topological polar surface area (TPSA) is 40.5 Å². The molecule has 0 unspecified atom stereocenters. The summed E-state index contributed by atoms with van der Waals surface area (Å²) >= 11 is 3.44. The van der Waals surface area contributed by atoms with Gasteiger partial charge in [0, 0.05) is 5.56 Å². The van der Waals surface area contributed by atoms with E-state index in [-0.39, 0.29) is 11.5 Å². The molecule has 1 aromatic carbocycles. The molecule has 0 aliphatic rings. The number of hydrogen-bond donors (Lipinski definition) is 2. The van der Waals surface area contributed by atoms with Crippen LogP contribution in [0.4, 0.5) is 0 Å². The van der Waals surface area contributed by atoms with E-state index >= 15 is 0 Å². The first-order valence-electron chi connectivity index (χ1n) is 7.88. The highest BCUT2D eigenvalue weighted by Crippen LogP contribution is 2.38. The van der Waals surface area contributed by atoms with Crippen LogP contribution < -0.4 is 0 Å². The quantitative estimate of drug-likeness (QED) is 0.576. The fourth-order valence-electron chi connectivity index (χ4n) is 2.34. The predicted octanol–water partition coefficient (Wildman–Crippen LogP) is 6.05. The lowest BCUT2D eigenvalue weighted by Crippen LogP contribution is -1.93. The summed E-state index contributed by atoms with van der Waals surface area (Å²) < 4.78 is 0.706. The van der Waals surface area contributed by atoms with Gasteiger partial charge in [-0.15, -0.1) is 0 Å². The highest BCUT2D eigenvalue weighted by Gasteiger charge is 2.14. The van der Waals surface area contributed by atoms with Crippen molar-refractivity contribution in [2.75, 3.05) is 0 Å². The summed E-state index contributed by atoms with van der Waals surface area (Å²) in [5.74, 6) is 0.342. The van der Waals surface area contributed by atoms with Gasteiger partial charge in [0.15, 0.2) is 0 Å². The second-order valence-electron chi connectivity index (χ2n) is 6.02. The molecule has 3 heteroatoms. The van der Waals surface area contributed by atoms with Crippen molar-refractivity contribution in [1.82, 2.24) is 0 Å². The third-order valence-electron chi connectivity index (χ3n) is 3.66. The molecule has 0 aromatic heterocycles. The fourth-order valence-corrected chi connectivity index (χ4v) is 2.89. The molecule has 122 valence electrons. The first-order chi connectivity index (χ1) is 10.4. The molecule has 0 radical (unpaired) electrons.